The predicted molar refractivity (Wildman–Crippen MR) is 94.1 cm³/mol. The molecule has 3 amide bonds. The van der Waals surface area contributed by atoms with Crippen molar-refractivity contribution in [2.75, 3.05) is 18.6 Å². The zero-order chi connectivity index (χ0) is 17.5. The van der Waals surface area contributed by atoms with Crippen molar-refractivity contribution in [3.63, 3.8) is 0 Å². The molecule has 0 saturated carbocycles. The van der Waals surface area contributed by atoms with Gasteiger partial charge in [-0.05, 0) is 32.2 Å². The molecule has 1 heterocycles. The van der Waals surface area contributed by atoms with Crippen molar-refractivity contribution >= 4 is 28.4 Å². The number of benzene rings is 2. The Balaban J connectivity index is 1.96. The summed E-state index contributed by atoms with van der Waals surface area (Å²) < 4.78 is 5.73. The van der Waals surface area contributed by atoms with E-state index in [1.807, 2.05) is 57.2 Å². The first kappa shape index (κ1) is 16.5. The summed E-state index contributed by atoms with van der Waals surface area (Å²) in [6.07, 6.45) is 0. The average Bonchev–Trinajstić information content (AvgIpc) is 2.74. The van der Waals surface area contributed by atoms with E-state index in [9.17, 15) is 9.59 Å². The Morgan fingerprint density at radius 1 is 1.04 bits per heavy atom. The second-order valence-corrected chi connectivity index (χ2v) is 7.00. The number of hydrogen-bond acceptors (Lipinski definition) is 3. The van der Waals surface area contributed by atoms with Gasteiger partial charge in [0.25, 0.3) is 5.91 Å². The Kier molecular flexibility index (Phi) is 4.05. The van der Waals surface area contributed by atoms with Crippen molar-refractivity contribution in [3.8, 4) is 0 Å². The van der Waals surface area contributed by atoms with Crippen LogP contribution < -0.4 is 4.90 Å². The molecule has 0 spiro atoms. The molecule has 126 valence electrons. The van der Waals surface area contributed by atoms with Crippen molar-refractivity contribution in [2.45, 2.75) is 32.4 Å². The van der Waals surface area contributed by atoms with Crippen LogP contribution in [0.2, 0.25) is 0 Å². The lowest BCUT2D eigenvalue weighted by Gasteiger charge is -2.23. The second-order valence-electron chi connectivity index (χ2n) is 7.00. The van der Waals surface area contributed by atoms with Crippen LogP contribution in [0.15, 0.2) is 42.5 Å². The Bertz CT molecular complexity index is 789. The van der Waals surface area contributed by atoms with Crippen LogP contribution >= 0.6 is 0 Å². The van der Waals surface area contributed by atoms with Crippen molar-refractivity contribution in [1.82, 2.24) is 4.90 Å². The fraction of sp³-hybridized carbons (Fsp3) is 0.368. The van der Waals surface area contributed by atoms with Crippen LogP contribution in [0.3, 0.4) is 0 Å². The summed E-state index contributed by atoms with van der Waals surface area (Å²) in [4.78, 5) is 28.3. The molecular formula is C19H22N2O3. The van der Waals surface area contributed by atoms with Crippen molar-refractivity contribution < 1.29 is 14.3 Å². The standard InChI is InChI=1S/C19H22N2O3/c1-19(2,3)24-12-16-17(22)21(18(23)20(16)4)15-11-7-9-13-8-5-6-10-14(13)15/h5-11,16H,12H2,1-4H3. The number of urea groups is 1. The molecule has 2 aromatic rings. The van der Waals surface area contributed by atoms with Gasteiger partial charge in [0.15, 0.2) is 0 Å². The molecule has 1 atom stereocenters. The highest BCUT2D eigenvalue weighted by molar-refractivity contribution is 6.24. The molecule has 0 aliphatic carbocycles. The lowest BCUT2D eigenvalue weighted by Crippen LogP contribution is -2.38. The molecule has 0 radical (unpaired) electrons. The van der Waals surface area contributed by atoms with Gasteiger partial charge < -0.3 is 9.64 Å². The summed E-state index contributed by atoms with van der Waals surface area (Å²) in [5.74, 6) is -0.247. The minimum Gasteiger partial charge on any atom is -0.373 e. The predicted octanol–water partition coefficient (Wildman–Crippen LogP) is 3.42. The summed E-state index contributed by atoms with van der Waals surface area (Å²) >= 11 is 0. The van der Waals surface area contributed by atoms with Gasteiger partial charge >= 0.3 is 6.03 Å². The van der Waals surface area contributed by atoms with Crippen LogP contribution in [-0.4, -0.2) is 42.1 Å². The first-order valence-electron chi connectivity index (χ1n) is 8.02. The van der Waals surface area contributed by atoms with Crippen molar-refractivity contribution in [2.24, 2.45) is 0 Å². The summed E-state index contributed by atoms with van der Waals surface area (Å²) in [6, 6.07) is 12.4. The molecular weight excluding hydrogens is 304 g/mol. The summed E-state index contributed by atoms with van der Waals surface area (Å²) in [7, 11) is 1.64. The number of rotatable bonds is 3. The van der Waals surface area contributed by atoms with E-state index in [1.54, 1.807) is 13.1 Å². The molecule has 1 unspecified atom stereocenters. The van der Waals surface area contributed by atoms with E-state index in [1.165, 1.54) is 9.80 Å². The third-order valence-corrected chi connectivity index (χ3v) is 4.15. The zero-order valence-corrected chi connectivity index (χ0v) is 14.4. The van der Waals surface area contributed by atoms with Crippen LogP contribution in [0.5, 0.6) is 0 Å². The maximum atomic E-state index is 12.9. The van der Waals surface area contributed by atoms with E-state index in [4.69, 9.17) is 4.74 Å². The number of anilines is 1. The molecule has 5 nitrogen and oxygen atoms in total. The lowest BCUT2D eigenvalue weighted by atomic mass is 10.1. The third kappa shape index (κ3) is 2.87. The van der Waals surface area contributed by atoms with Gasteiger partial charge in [-0.15, -0.1) is 0 Å². The second kappa shape index (κ2) is 5.91. The lowest BCUT2D eigenvalue weighted by molar-refractivity contribution is -0.123. The number of hydrogen-bond donors (Lipinski definition) is 0. The fourth-order valence-electron chi connectivity index (χ4n) is 2.84. The first-order chi connectivity index (χ1) is 11.3. The van der Waals surface area contributed by atoms with E-state index in [0.717, 1.165) is 10.8 Å². The molecule has 2 aromatic carbocycles. The van der Waals surface area contributed by atoms with Crippen LogP contribution in [0.4, 0.5) is 10.5 Å². The molecule has 3 rings (SSSR count). The smallest absolute Gasteiger partial charge is 0.331 e. The summed E-state index contributed by atoms with van der Waals surface area (Å²) in [5.41, 5.74) is 0.255. The molecule has 1 aliphatic rings. The van der Waals surface area contributed by atoms with Crippen molar-refractivity contribution in [3.05, 3.63) is 42.5 Å². The normalized spacial score (nSPS) is 18.8. The Morgan fingerprint density at radius 2 is 1.71 bits per heavy atom. The minimum atomic E-state index is -0.601. The highest BCUT2D eigenvalue weighted by Gasteiger charge is 2.44. The quantitative estimate of drug-likeness (QED) is 0.812. The molecule has 1 aliphatic heterocycles. The maximum absolute atomic E-state index is 12.9. The highest BCUT2D eigenvalue weighted by atomic mass is 16.5. The minimum absolute atomic E-state index is 0.186. The first-order valence-corrected chi connectivity index (χ1v) is 8.02. The topological polar surface area (TPSA) is 49.9 Å². The number of carbonyl (C=O) groups excluding carboxylic acids is 2. The largest absolute Gasteiger partial charge is 0.373 e. The van der Waals surface area contributed by atoms with Gasteiger partial charge in [0.1, 0.15) is 6.04 Å². The van der Waals surface area contributed by atoms with Crippen molar-refractivity contribution in [1.29, 1.82) is 0 Å². The number of amides is 3. The van der Waals surface area contributed by atoms with E-state index < -0.39 is 6.04 Å². The molecule has 0 bridgehead atoms. The Morgan fingerprint density at radius 3 is 2.42 bits per heavy atom. The monoisotopic (exact) mass is 326 g/mol. The van der Waals surface area contributed by atoms with Gasteiger partial charge in [-0.25, -0.2) is 9.69 Å². The molecule has 1 fully saturated rings. The Labute approximate surface area is 141 Å². The van der Waals surface area contributed by atoms with E-state index in [0.29, 0.717) is 5.69 Å². The number of ether oxygens (including phenoxy) is 1. The zero-order valence-electron chi connectivity index (χ0n) is 14.4. The molecule has 24 heavy (non-hydrogen) atoms. The molecule has 1 saturated heterocycles. The van der Waals surface area contributed by atoms with Crippen LogP contribution in [0.25, 0.3) is 10.8 Å². The van der Waals surface area contributed by atoms with Crippen LogP contribution in [0.1, 0.15) is 20.8 Å². The Hall–Kier alpha value is -2.40. The SMILES string of the molecule is CN1C(=O)N(c2cccc3ccccc23)C(=O)C1COC(C)(C)C. The van der Waals surface area contributed by atoms with Gasteiger partial charge in [-0.3, -0.25) is 4.79 Å². The van der Waals surface area contributed by atoms with E-state index >= 15 is 0 Å². The highest BCUT2D eigenvalue weighted by Crippen LogP contribution is 2.31. The fourth-order valence-corrected chi connectivity index (χ4v) is 2.84. The average molecular weight is 326 g/mol. The third-order valence-electron chi connectivity index (χ3n) is 4.15. The molecule has 0 N–H and O–H groups in total. The van der Waals surface area contributed by atoms with Crippen LogP contribution in [-0.2, 0) is 9.53 Å². The molecule has 0 aromatic heterocycles. The van der Waals surface area contributed by atoms with Gasteiger partial charge in [-0.1, -0.05) is 36.4 Å². The number of fused-ring (bicyclic) bond motifs is 1. The number of nitrogens with zero attached hydrogens (tertiary/aromatic N) is 2. The van der Waals surface area contributed by atoms with E-state index in [2.05, 4.69) is 0 Å². The van der Waals surface area contributed by atoms with Gasteiger partial charge in [0.2, 0.25) is 0 Å². The van der Waals surface area contributed by atoms with Crippen LogP contribution in [0, 0.1) is 0 Å². The van der Waals surface area contributed by atoms with E-state index in [-0.39, 0.29) is 24.1 Å². The summed E-state index contributed by atoms with van der Waals surface area (Å²) in [5, 5.41) is 1.88. The van der Waals surface area contributed by atoms with Gasteiger partial charge in [0.05, 0.1) is 17.9 Å². The van der Waals surface area contributed by atoms with Gasteiger partial charge in [-0.2, -0.15) is 0 Å². The number of carbonyl (C=O) groups is 2. The number of imide groups is 1. The molecule has 5 heteroatoms. The summed E-state index contributed by atoms with van der Waals surface area (Å²) in [6.45, 7) is 5.97. The maximum Gasteiger partial charge on any atom is 0.331 e. The van der Waals surface area contributed by atoms with Gasteiger partial charge in [0, 0.05) is 12.4 Å². The number of likely N-dealkylation sites (N-methyl/N-ethyl adjacent to an activating group) is 1.